The van der Waals surface area contributed by atoms with Gasteiger partial charge in [-0.1, -0.05) is 44.9 Å². The van der Waals surface area contributed by atoms with E-state index < -0.39 is 5.97 Å². The first-order valence-electron chi connectivity index (χ1n) is 12.0. The normalized spacial score (nSPS) is 15.9. The van der Waals surface area contributed by atoms with Gasteiger partial charge in [-0.25, -0.2) is 4.79 Å². The lowest BCUT2D eigenvalue weighted by Crippen LogP contribution is -2.38. The van der Waals surface area contributed by atoms with Gasteiger partial charge in [-0.2, -0.15) is 0 Å². The Morgan fingerprint density at radius 1 is 1.16 bits per heavy atom. The molecule has 1 aliphatic heterocycles. The van der Waals surface area contributed by atoms with Gasteiger partial charge in [0.25, 0.3) is 0 Å². The number of nitrogens with zero attached hydrogens (tertiary/aromatic N) is 1. The first-order valence-corrected chi connectivity index (χ1v) is 12.0. The van der Waals surface area contributed by atoms with Gasteiger partial charge in [0, 0.05) is 25.7 Å². The quantitative estimate of drug-likeness (QED) is 0.391. The van der Waals surface area contributed by atoms with E-state index in [1.165, 1.54) is 0 Å². The standard InChI is InChI=1S/C26H37N3O3/c1-3-5-15-29(16-6-4-2)24-18-20(26(30)31)17-23(28-21-11-10-14-27-19-21)25(24)32-22-12-8-7-9-13-22/h7-9,12-13,17-18,21,27-28H,3-6,10-11,14-16,19H2,1-2H3,(H,30,31). The van der Waals surface area contributed by atoms with Gasteiger partial charge in [0.1, 0.15) is 5.75 Å². The van der Waals surface area contributed by atoms with E-state index in [4.69, 9.17) is 4.74 Å². The van der Waals surface area contributed by atoms with Crippen LogP contribution in [0.3, 0.4) is 0 Å². The lowest BCUT2D eigenvalue weighted by molar-refractivity contribution is 0.0697. The zero-order valence-electron chi connectivity index (χ0n) is 19.4. The molecule has 32 heavy (non-hydrogen) atoms. The number of anilines is 2. The number of nitrogens with one attached hydrogen (secondary N) is 2. The van der Waals surface area contributed by atoms with Crippen LogP contribution in [-0.4, -0.2) is 43.3 Å². The highest BCUT2D eigenvalue weighted by Crippen LogP contribution is 2.41. The number of rotatable bonds is 12. The molecule has 2 aromatic carbocycles. The largest absolute Gasteiger partial charge is 0.478 e. The highest BCUT2D eigenvalue weighted by atomic mass is 16.5. The fourth-order valence-corrected chi connectivity index (χ4v) is 4.04. The predicted molar refractivity (Wildman–Crippen MR) is 131 cm³/mol. The van der Waals surface area contributed by atoms with Gasteiger partial charge < -0.3 is 25.4 Å². The summed E-state index contributed by atoms with van der Waals surface area (Å²) in [7, 11) is 0. The van der Waals surface area contributed by atoms with Crippen LogP contribution < -0.4 is 20.3 Å². The zero-order chi connectivity index (χ0) is 22.8. The molecule has 6 nitrogen and oxygen atoms in total. The Morgan fingerprint density at radius 3 is 2.47 bits per heavy atom. The summed E-state index contributed by atoms with van der Waals surface area (Å²) in [4.78, 5) is 14.3. The lowest BCUT2D eigenvalue weighted by Gasteiger charge is -2.31. The molecule has 0 amide bonds. The third-order valence-electron chi connectivity index (χ3n) is 5.84. The van der Waals surface area contributed by atoms with Crippen LogP contribution in [0.1, 0.15) is 62.7 Å². The molecular formula is C26H37N3O3. The van der Waals surface area contributed by atoms with Crippen molar-refractivity contribution in [2.45, 2.75) is 58.4 Å². The second-order valence-corrected chi connectivity index (χ2v) is 8.47. The number of carboxylic acids is 1. The summed E-state index contributed by atoms with van der Waals surface area (Å²) < 4.78 is 6.44. The topological polar surface area (TPSA) is 73.8 Å². The van der Waals surface area contributed by atoms with E-state index in [1.54, 1.807) is 12.1 Å². The SMILES string of the molecule is CCCCN(CCCC)c1cc(C(=O)O)cc(NC2CCCNC2)c1Oc1ccccc1. The molecule has 1 aliphatic rings. The van der Waals surface area contributed by atoms with Crippen molar-refractivity contribution in [3.8, 4) is 11.5 Å². The van der Waals surface area contributed by atoms with Crippen molar-refractivity contribution in [2.24, 2.45) is 0 Å². The van der Waals surface area contributed by atoms with Crippen molar-refractivity contribution in [2.75, 3.05) is 36.4 Å². The molecule has 0 saturated carbocycles. The number of para-hydroxylation sites is 1. The smallest absolute Gasteiger partial charge is 0.335 e. The average Bonchev–Trinajstić information content (AvgIpc) is 2.81. The van der Waals surface area contributed by atoms with Gasteiger partial charge in [0.2, 0.25) is 0 Å². The van der Waals surface area contributed by atoms with Crippen molar-refractivity contribution in [1.82, 2.24) is 5.32 Å². The summed E-state index contributed by atoms with van der Waals surface area (Å²) in [5.74, 6) is 0.528. The molecule has 1 saturated heterocycles. The molecule has 1 unspecified atom stereocenters. The maximum absolute atomic E-state index is 12.0. The van der Waals surface area contributed by atoms with Crippen molar-refractivity contribution in [3.63, 3.8) is 0 Å². The molecular weight excluding hydrogens is 402 g/mol. The molecule has 0 aromatic heterocycles. The molecule has 1 atom stereocenters. The van der Waals surface area contributed by atoms with Crippen molar-refractivity contribution < 1.29 is 14.6 Å². The highest BCUT2D eigenvalue weighted by Gasteiger charge is 2.23. The molecule has 6 heteroatoms. The van der Waals surface area contributed by atoms with Crippen molar-refractivity contribution in [3.05, 3.63) is 48.0 Å². The van der Waals surface area contributed by atoms with E-state index in [-0.39, 0.29) is 11.6 Å². The van der Waals surface area contributed by atoms with Gasteiger partial charge in [0.05, 0.1) is 16.9 Å². The molecule has 2 aromatic rings. The van der Waals surface area contributed by atoms with E-state index in [0.717, 1.165) is 81.8 Å². The Morgan fingerprint density at radius 2 is 1.88 bits per heavy atom. The maximum Gasteiger partial charge on any atom is 0.335 e. The number of hydrogen-bond acceptors (Lipinski definition) is 5. The maximum atomic E-state index is 12.0. The predicted octanol–water partition coefficient (Wildman–Crippen LogP) is 5.75. The minimum absolute atomic E-state index is 0.235. The van der Waals surface area contributed by atoms with Gasteiger partial charge in [0.15, 0.2) is 5.75 Å². The van der Waals surface area contributed by atoms with Crippen LogP contribution in [0.5, 0.6) is 11.5 Å². The Labute approximate surface area is 192 Å². The van der Waals surface area contributed by atoms with Crippen LogP contribution in [0.25, 0.3) is 0 Å². The van der Waals surface area contributed by atoms with Crippen LogP contribution in [-0.2, 0) is 0 Å². The third kappa shape index (κ3) is 6.63. The number of carboxylic acid groups (broad SMARTS) is 1. The molecule has 174 valence electrons. The Kier molecular flexibility index (Phi) is 9.23. The van der Waals surface area contributed by atoms with Gasteiger partial charge in [-0.15, -0.1) is 0 Å². The summed E-state index contributed by atoms with van der Waals surface area (Å²) in [6.07, 6.45) is 6.38. The fourth-order valence-electron chi connectivity index (χ4n) is 4.04. The Balaban J connectivity index is 2.07. The zero-order valence-corrected chi connectivity index (χ0v) is 19.4. The monoisotopic (exact) mass is 439 g/mol. The fraction of sp³-hybridized carbons (Fsp3) is 0.500. The minimum atomic E-state index is -0.923. The first-order chi connectivity index (χ1) is 15.6. The highest BCUT2D eigenvalue weighted by molar-refractivity contribution is 5.93. The lowest BCUT2D eigenvalue weighted by atomic mass is 10.1. The van der Waals surface area contributed by atoms with Gasteiger partial charge in [-0.3, -0.25) is 0 Å². The van der Waals surface area contributed by atoms with Crippen LogP contribution in [0, 0.1) is 0 Å². The van der Waals surface area contributed by atoms with E-state index in [1.807, 2.05) is 30.3 Å². The summed E-state index contributed by atoms with van der Waals surface area (Å²) in [5, 5.41) is 16.9. The third-order valence-corrected chi connectivity index (χ3v) is 5.84. The molecule has 3 rings (SSSR count). The van der Waals surface area contributed by atoms with Crippen molar-refractivity contribution >= 4 is 17.3 Å². The van der Waals surface area contributed by atoms with Crippen LogP contribution in [0.15, 0.2) is 42.5 Å². The number of hydrogen-bond donors (Lipinski definition) is 3. The van der Waals surface area contributed by atoms with Crippen LogP contribution >= 0.6 is 0 Å². The van der Waals surface area contributed by atoms with Crippen LogP contribution in [0.2, 0.25) is 0 Å². The van der Waals surface area contributed by atoms with E-state index >= 15 is 0 Å². The Bertz CT molecular complexity index is 843. The minimum Gasteiger partial charge on any atom is -0.478 e. The van der Waals surface area contributed by atoms with E-state index in [0.29, 0.717) is 5.75 Å². The molecule has 0 aliphatic carbocycles. The summed E-state index contributed by atoms with van der Waals surface area (Å²) in [5.41, 5.74) is 1.88. The number of aromatic carboxylic acids is 1. The molecule has 0 radical (unpaired) electrons. The summed E-state index contributed by atoms with van der Waals surface area (Å²) in [6.45, 7) is 7.97. The summed E-state index contributed by atoms with van der Waals surface area (Å²) in [6, 6.07) is 13.5. The number of unbranched alkanes of at least 4 members (excludes halogenated alkanes) is 2. The number of carbonyl (C=O) groups is 1. The first kappa shape index (κ1) is 23.9. The number of benzene rings is 2. The molecule has 1 heterocycles. The average molecular weight is 440 g/mol. The number of ether oxygens (including phenoxy) is 1. The second-order valence-electron chi connectivity index (χ2n) is 8.47. The van der Waals surface area contributed by atoms with Gasteiger partial charge in [-0.05, 0) is 56.5 Å². The molecule has 3 N–H and O–H groups in total. The molecule has 0 bridgehead atoms. The van der Waals surface area contributed by atoms with E-state index in [2.05, 4.69) is 29.4 Å². The Hall–Kier alpha value is -2.73. The number of piperidine rings is 1. The van der Waals surface area contributed by atoms with Crippen molar-refractivity contribution in [1.29, 1.82) is 0 Å². The van der Waals surface area contributed by atoms with Crippen LogP contribution in [0.4, 0.5) is 11.4 Å². The summed E-state index contributed by atoms with van der Waals surface area (Å²) >= 11 is 0. The van der Waals surface area contributed by atoms with E-state index in [9.17, 15) is 9.90 Å². The second kappa shape index (κ2) is 12.3. The van der Waals surface area contributed by atoms with Gasteiger partial charge >= 0.3 is 5.97 Å². The molecule has 1 fully saturated rings. The molecule has 0 spiro atoms.